The second-order valence-corrected chi connectivity index (χ2v) is 9.00. The standard InChI is InChI=1S/C21H24N2O3S/c1-21(2,3)26-20(24)23-11-16-8-15(9-17(16)12-23)14-4-6-18(7-5-14)25-19-10-22-13-27-19/h4-8,10,13,16-17H,9,11-12H2,1-3H3. The van der Waals surface area contributed by atoms with E-state index in [2.05, 4.69) is 23.2 Å². The van der Waals surface area contributed by atoms with Gasteiger partial charge in [0.2, 0.25) is 5.06 Å². The summed E-state index contributed by atoms with van der Waals surface area (Å²) in [6, 6.07) is 8.21. The molecule has 0 bridgehead atoms. The van der Waals surface area contributed by atoms with E-state index in [0.717, 1.165) is 30.3 Å². The summed E-state index contributed by atoms with van der Waals surface area (Å²) in [5.74, 6) is 1.72. The minimum absolute atomic E-state index is 0.198. The van der Waals surface area contributed by atoms with E-state index < -0.39 is 5.60 Å². The first-order valence-electron chi connectivity index (χ1n) is 9.23. The van der Waals surface area contributed by atoms with E-state index in [1.807, 2.05) is 37.8 Å². The first-order chi connectivity index (χ1) is 12.9. The molecule has 0 N–H and O–H groups in total. The molecule has 1 aromatic heterocycles. The summed E-state index contributed by atoms with van der Waals surface area (Å²) < 4.78 is 11.3. The maximum Gasteiger partial charge on any atom is 0.410 e. The molecular formula is C21H24N2O3S. The van der Waals surface area contributed by atoms with Crippen LogP contribution in [0.1, 0.15) is 32.8 Å². The zero-order valence-corrected chi connectivity index (χ0v) is 16.7. The minimum Gasteiger partial charge on any atom is -0.445 e. The maximum absolute atomic E-state index is 12.3. The number of rotatable bonds is 3. The topological polar surface area (TPSA) is 51.7 Å². The number of benzene rings is 1. The highest BCUT2D eigenvalue weighted by atomic mass is 32.1. The third-order valence-corrected chi connectivity index (χ3v) is 5.54. The van der Waals surface area contributed by atoms with E-state index >= 15 is 0 Å². The summed E-state index contributed by atoms with van der Waals surface area (Å²) in [6.45, 7) is 7.23. The molecule has 5 nitrogen and oxygen atoms in total. The van der Waals surface area contributed by atoms with Crippen molar-refractivity contribution < 1.29 is 14.3 Å². The van der Waals surface area contributed by atoms with Gasteiger partial charge in [-0.1, -0.05) is 29.5 Å². The van der Waals surface area contributed by atoms with Crippen molar-refractivity contribution in [3.8, 4) is 10.8 Å². The van der Waals surface area contributed by atoms with E-state index in [0.29, 0.717) is 11.8 Å². The Morgan fingerprint density at radius 1 is 1.22 bits per heavy atom. The molecule has 142 valence electrons. The number of ether oxygens (including phenoxy) is 2. The number of thiazole rings is 1. The number of carbonyl (C=O) groups is 1. The Hall–Kier alpha value is -2.34. The largest absolute Gasteiger partial charge is 0.445 e. The zero-order chi connectivity index (χ0) is 19.0. The zero-order valence-electron chi connectivity index (χ0n) is 15.8. The predicted octanol–water partition coefficient (Wildman–Crippen LogP) is 5.21. The van der Waals surface area contributed by atoms with Crippen LogP contribution < -0.4 is 4.74 Å². The Kier molecular flexibility index (Phi) is 4.68. The van der Waals surface area contributed by atoms with Crippen molar-refractivity contribution in [2.45, 2.75) is 32.8 Å². The van der Waals surface area contributed by atoms with Crippen molar-refractivity contribution >= 4 is 23.0 Å². The van der Waals surface area contributed by atoms with Gasteiger partial charge in [-0.2, -0.15) is 0 Å². The smallest absolute Gasteiger partial charge is 0.410 e. The third-order valence-electron chi connectivity index (χ3n) is 4.89. The Balaban J connectivity index is 1.38. The molecule has 2 heterocycles. The highest BCUT2D eigenvalue weighted by Crippen LogP contribution is 2.41. The van der Waals surface area contributed by atoms with Crippen LogP contribution in [0.2, 0.25) is 0 Å². The van der Waals surface area contributed by atoms with Crippen molar-refractivity contribution in [3.63, 3.8) is 0 Å². The molecule has 0 radical (unpaired) electrons. The summed E-state index contributed by atoms with van der Waals surface area (Å²) in [6.07, 6.45) is 4.85. The molecule has 1 aliphatic heterocycles. The first kappa shape index (κ1) is 18.0. The minimum atomic E-state index is -0.446. The van der Waals surface area contributed by atoms with Gasteiger partial charge in [0.15, 0.2) is 0 Å². The van der Waals surface area contributed by atoms with Crippen LogP contribution in [-0.4, -0.2) is 34.7 Å². The van der Waals surface area contributed by atoms with Crippen molar-refractivity contribution in [1.29, 1.82) is 0 Å². The fourth-order valence-corrected chi connectivity index (χ4v) is 4.20. The van der Waals surface area contributed by atoms with E-state index in [1.54, 1.807) is 11.7 Å². The molecule has 0 spiro atoms. The van der Waals surface area contributed by atoms with E-state index in [4.69, 9.17) is 9.47 Å². The second-order valence-electron chi connectivity index (χ2n) is 8.15. The third kappa shape index (κ3) is 4.16. The lowest BCUT2D eigenvalue weighted by Crippen LogP contribution is -2.35. The Labute approximate surface area is 163 Å². The number of carbonyl (C=O) groups excluding carboxylic acids is 1. The summed E-state index contributed by atoms with van der Waals surface area (Å²) in [7, 11) is 0. The van der Waals surface area contributed by atoms with Gasteiger partial charge in [-0.25, -0.2) is 9.78 Å². The van der Waals surface area contributed by atoms with Crippen LogP contribution in [0.5, 0.6) is 10.8 Å². The van der Waals surface area contributed by atoms with Gasteiger partial charge in [-0.3, -0.25) is 0 Å². The van der Waals surface area contributed by atoms with Crippen LogP contribution in [0.4, 0.5) is 4.79 Å². The average molecular weight is 385 g/mol. The molecule has 2 aliphatic rings. The van der Waals surface area contributed by atoms with Crippen LogP contribution in [-0.2, 0) is 4.74 Å². The van der Waals surface area contributed by atoms with E-state index in [9.17, 15) is 4.79 Å². The molecule has 1 saturated heterocycles. The van der Waals surface area contributed by atoms with E-state index in [1.165, 1.54) is 22.5 Å². The highest BCUT2D eigenvalue weighted by Gasteiger charge is 2.39. The summed E-state index contributed by atoms with van der Waals surface area (Å²) >= 11 is 1.48. The summed E-state index contributed by atoms with van der Waals surface area (Å²) in [4.78, 5) is 18.1. The number of fused-ring (bicyclic) bond motifs is 1. The SMILES string of the molecule is CC(C)(C)OC(=O)N1CC2C=C(c3ccc(Oc4cncs4)cc3)CC2C1. The van der Waals surface area contributed by atoms with Gasteiger partial charge in [-0.05, 0) is 62.3 Å². The van der Waals surface area contributed by atoms with Crippen LogP contribution in [0.3, 0.4) is 0 Å². The lowest BCUT2D eigenvalue weighted by atomic mass is 9.98. The van der Waals surface area contributed by atoms with Gasteiger partial charge in [0, 0.05) is 13.1 Å². The quantitative estimate of drug-likeness (QED) is 0.729. The number of nitrogens with zero attached hydrogens (tertiary/aromatic N) is 2. The molecule has 1 fully saturated rings. The van der Waals surface area contributed by atoms with Gasteiger partial charge in [-0.15, -0.1) is 0 Å². The molecule has 4 rings (SSSR count). The fourth-order valence-electron chi connectivity index (χ4n) is 3.71. The summed E-state index contributed by atoms with van der Waals surface area (Å²) in [5.41, 5.74) is 3.90. The number of hydrogen-bond donors (Lipinski definition) is 0. The van der Waals surface area contributed by atoms with Crippen molar-refractivity contribution in [3.05, 3.63) is 47.6 Å². The fraction of sp³-hybridized carbons (Fsp3) is 0.429. The summed E-state index contributed by atoms with van der Waals surface area (Å²) in [5, 5.41) is 0.791. The first-order valence-corrected chi connectivity index (χ1v) is 10.1. The van der Waals surface area contributed by atoms with Crippen molar-refractivity contribution in [1.82, 2.24) is 9.88 Å². The number of hydrogen-bond acceptors (Lipinski definition) is 5. The van der Waals surface area contributed by atoms with Gasteiger partial charge >= 0.3 is 6.09 Å². The molecule has 2 atom stereocenters. The molecular weight excluding hydrogens is 360 g/mol. The second kappa shape index (κ2) is 7.00. The Bertz CT molecular complexity index is 837. The lowest BCUT2D eigenvalue weighted by Gasteiger charge is -2.24. The van der Waals surface area contributed by atoms with E-state index in [-0.39, 0.29) is 6.09 Å². The number of aromatic nitrogens is 1. The van der Waals surface area contributed by atoms with Gasteiger partial charge < -0.3 is 14.4 Å². The van der Waals surface area contributed by atoms with Crippen LogP contribution in [0.25, 0.3) is 5.57 Å². The van der Waals surface area contributed by atoms with Gasteiger partial charge in [0.1, 0.15) is 11.4 Å². The normalized spacial score (nSPS) is 21.7. The molecule has 1 aromatic carbocycles. The molecule has 2 unspecified atom stereocenters. The Morgan fingerprint density at radius 3 is 2.63 bits per heavy atom. The lowest BCUT2D eigenvalue weighted by molar-refractivity contribution is 0.0285. The number of allylic oxidation sites excluding steroid dienone is 1. The van der Waals surface area contributed by atoms with Crippen molar-refractivity contribution in [2.75, 3.05) is 13.1 Å². The van der Waals surface area contributed by atoms with Crippen molar-refractivity contribution in [2.24, 2.45) is 11.8 Å². The highest BCUT2D eigenvalue weighted by molar-refractivity contribution is 7.11. The molecule has 0 saturated carbocycles. The van der Waals surface area contributed by atoms with Gasteiger partial charge in [0.25, 0.3) is 0 Å². The maximum atomic E-state index is 12.3. The average Bonchev–Trinajstić information content (AvgIpc) is 3.29. The predicted molar refractivity (Wildman–Crippen MR) is 106 cm³/mol. The van der Waals surface area contributed by atoms with Crippen LogP contribution in [0.15, 0.2) is 42.0 Å². The van der Waals surface area contributed by atoms with Crippen LogP contribution >= 0.6 is 11.3 Å². The monoisotopic (exact) mass is 384 g/mol. The Morgan fingerprint density at radius 2 is 2.00 bits per heavy atom. The van der Waals surface area contributed by atoms with Crippen LogP contribution in [0, 0.1) is 11.8 Å². The number of amides is 1. The molecule has 1 amide bonds. The molecule has 2 aromatic rings. The molecule has 1 aliphatic carbocycles. The molecule has 27 heavy (non-hydrogen) atoms. The number of likely N-dealkylation sites (tertiary alicyclic amines) is 1. The molecule has 6 heteroatoms. The van der Waals surface area contributed by atoms with Gasteiger partial charge in [0.05, 0.1) is 11.7 Å².